The molecule has 10 heteroatoms. The van der Waals surface area contributed by atoms with Crippen LogP contribution in [-0.4, -0.2) is 27.7 Å². The summed E-state index contributed by atoms with van der Waals surface area (Å²) in [6, 6.07) is 7.83. The largest absolute Gasteiger partial charge is 0.506 e. The van der Waals surface area contributed by atoms with E-state index in [-0.39, 0.29) is 31.0 Å². The number of aliphatic hydroxyl groups excluding tert-OH is 1. The van der Waals surface area contributed by atoms with E-state index in [4.69, 9.17) is 23.2 Å². The second-order valence-electron chi connectivity index (χ2n) is 6.22. The van der Waals surface area contributed by atoms with Gasteiger partial charge < -0.3 is 5.11 Å². The number of carbonyl (C=O) groups is 1. The number of halogens is 2. The van der Waals surface area contributed by atoms with Gasteiger partial charge >= 0.3 is 0 Å². The molecular formula is C19H10Cl2O6S2. The van der Waals surface area contributed by atoms with Gasteiger partial charge in [0.25, 0.3) is 0 Å². The molecule has 6 nitrogen and oxygen atoms in total. The van der Waals surface area contributed by atoms with Crippen LogP contribution >= 0.6 is 23.2 Å². The van der Waals surface area contributed by atoms with Gasteiger partial charge in [-0.15, -0.1) is 0 Å². The van der Waals surface area contributed by atoms with Crippen LogP contribution in [-0.2, 0) is 19.7 Å². The van der Waals surface area contributed by atoms with Gasteiger partial charge in [-0.05, 0) is 48.6 Å². The molecular weight excluding hydrogens is 459 g/mol. The van der Waals surface area contributed by atoms with Crippen molar-refractivity contribution in [2.75, 3.05) is 0 Å². The fraction of sp³-hybridized carbons (Fsp3) is 0. The molecule has 0 fully saturated rings. The molecule has 2 aliphatic heterocycles. The maximum absolute atomic E-state index is 12.6. The fourth-order valence-electron chi connectivity index (χ4n) is 3.14. The third-order valence-corrected chi connectivity index (χ3v) is 8.64. The van der Waals surface area contributed by atoms with Crippen molar-refractivity contribution in [3.05, 3.63) is 85.6 Å². The summed E-state index contributed by atoms with van der Waals surface area (Å²) < 4.78 is 50.4. The lowest BCUT2D eigenvalue weighted by Gasteiger charge is -1.99. The predicted molar refractivity (Wildman–Crippen MR) is 108 cm³/mol. The monoisotopic (exact) mass is 468 g/mol. The van der Waals surface area contributed by atoms with Gasteiger partial charge in [-0.25, -0.2) is 16.8 Å². The van der Waals surface area contributed by atoms with Crippen molar-refractivity contribution in [3.8, 4) is 0 Å². The van der Waals surface area contributed by atoms with E-state index in [1.165, 1.54) is 36.4 Å². The molecule has 2 aromatic rings. The quantitative estimate of drug-likeness (QED) is 0.664. The molecule has 0 radical (unpaired) electrons. The van der Waals surface area contributed by atoms with E-state index in [2.05, 4.69) is 0 Å². The Hall–Kier alpha value is -2.39. The van der Waals surface area contributed by atoms with Crippen molar-refractivity contribution in [1.82, 2.24) is 0 Å². The molecule has 0 aliphatic carbocycles. The van der Waals surface area contributed by atoms with Crippen LogP contribution in [0.4, 0.5) is 0 Å². The zero-order chi connectivity index (χ0) is 21.1. The summed E-state index contributed by atoms with van der Waals surface area (Å²) in [6.07, 6.45) is 3.12. The number of carbonyl (C=O) groups excluding carboxylic acids is 1. The van der Waals surface area contributed by atoms with Gasteiger partial charge in [-0.3, -0.25) is 4.79 Å². The molecule has 2 aromatic carbocycles. The maximum Gasteiger partial charge on any atom is 0.211 e. The lowest BCUT2D eigenvalue weighted by atomic mass is 10.1. The molecule has 29 heavy (non-hydrogen) atoms. The summed E-state index contributed by atoms with van der Waals surface area (Å²) >= 11 is 11.7. The van der Waals surface area contributed by atoms with Crippen LogP contribution in [0.15, 0.2) is 74.2 Å². The first-order chi connectivity index (χ1) is 13.5. The Labute approximate surface area is 176 Å². The van der Waals surface area contributed by atoms with Gasteiger partial charge in [0.2, 0.25) is 25.5 Å². The first-order valence-electron chi connectivity index (χ1n) is 8.01. The van der Waals surface area contributed by atoms with Crippen molar-refractivity contribution >= 4 is 54.4 Å². The number of fused-ring (bicyclic) bond motifs is 2. The molecule has 0 bridgehead atoms. The van der Waals surface area contributed by atoms with E-state index >= 15 is 0 Å². The summed E-state index contributed by atoms with van der Waals surface area (Å²) in [5.74, 6) is -1.25. The summed E-state index contributed by atoms with van der Waals surface area (Å²) in [4.78, 5) is 11.3. The van der Waals surface area contributed by atoms with Gasteiger partial charge in [0.05, 0.1) is 9.79 Å². The first kappa shape index (κ1) is 19.9. The van der Waals surface area contributed by atoms with E-state index < -0.39 is 41.0 Å². The van der Waals surface area contributed by atoms with E-state index in [1.807, 2.05) is 0 Å². The smallest absolute Gasteiger partial charge is 0.211 e. The van der Waals surface area contributed by atoms with Gasteiger partial charge in [-0.2, -0.15) is 0 Å². The van der Waals surface area contributed by atoms with Crippen LogP contribution in [0.25, 0.3) is 5.76 Å². The third-order valence-electron chi connectivity index (χ3n) is 4.49. The Morgan fingerprint density at radius 1 is 0.828 bits per heavy atom. The summed E-state index contributed by atoms with van der Waals surface area (Å²) in [5, 5.41) is 10.8. The van der Waals surface area contributed by atoms with Crippen molar-refractivity contribution in [2.45, 2.75) is 9.79 Å². The van der Waals surface area contributed by atoms with E-state index in [0.717, 1.165) is 18.2 Å². The SMILES string of the molecule is O=C1C(=CC=CC2=C(O)c3cc(Cl)ccc3S2(=O)=O)S(=O)(=O)c2ccc(Cl)cc21. The molecule has 0 saturated carbocycles. The van der Waals surface area contributed by atoms with Crippen LogP contribution in [0.1, 0.15) is 15.9 Å². The van der Waals surface area contributed by atoms with Gasteiger partial charge in [-0.1, -0.05) is 29.3 Å². The molecule has 2 heterocycles. The van der Waals surface area contributed by atoms with E-state index in [9.17, 15) is 26.7 Å². The van der Waals surface area contributed by atoms with Crippen molar-refractivity contribution in [1.29, 1.82) is 0 Å². The summed E-state index contributed by atoms with van der Waals surface area (Å²) in [5.41, 5.74) is 0.00571. The average Bonchev–Trinajstić information content (AvgIpc) is 2.95. The van der Waals surface area contributed by atoms with Crippen LogP contribution in [0.2, 0.25) is 10.0 Å². The second kappa shape index (κ2) is 6.56. The number of sulfone groups is 2. The maximum atomic E-state index is 12.6. The Morgan fingerprint density at radius 2 is 1.38 bits per heavy atom. The molecule has 0 amide bonds. The van der Waals surface area contributed by atoms with Crippen molar-refractivity contribution < 1.29 is 26.7 Å². The molecule has 0 spiro atoms. The van der Waals surface area contributed by atoms with Gasteiger partial charge in [0, 0.05) is 21.2 Å². The van der Waals surface area contributed by atoms with Crippen molar-refractivity contribution in [3.63, 3.8) is 0 Å². The second-order valence-corrected chi connectivity index (χ2v) is 10.9. The highest BCUT2D eigenvalue weighted by Crippen LogP contribution is 2.40. The lowest BCUT2D eigenvalue weighted by molar-refractivity contribution is 0.104. The number of Topliss-reactive ketones (excluding diaryl/α,β-unsaturated/α-hetero) is 1. The molecule has 0 atom stereocenters. The van der Waals surface area contributed by atoms with Crippen LogP contribution in [0.5, 0.6) is 0 Å². The number of allylic oxidation sites excluding steroid dienone is 4. The summed E-state index contributed by atoms with van der Waals surface area (Å²) in [7, 11) is -8.06. The average molecular weight is 469 g/mol. The number of rotatable bonds is 2. The highest BCUT2D eigenvalue weighted by molar-refractivity contribution is 7.97. The molecule has 148 valence electrons. The first-order valence-corrected chi connectivity index (χ1v) is 11.7. The third kappa shape index (κ3) is 2.95. The highest BCUT2D eigenvalue weighted by Gasteiger charge is 2.39. The van der Waals surface area contributed by atoms with Crippen LogP contribution in [0.3, 0.4) is 0 Å². The summed E-state index contributed by atoms with van der Waals surface area (Å²) in [6.45, 7) is 0. The van der Waals surface area contributed by atoms with Gasteiger partial charge in [0.1, 0.15) is 15.6 Å². The van der Waals surface area contributed by atoms with E-state index in [1.54, 1.807) is 0 Å². The Kier molecular flexibility index (Phi) is 4.51. The highest BCUT2D eigenvalue weighted by atomic mass is 35.5. The molecule has 2 aliphatic rings. The van der Waals surface area contributed by atoms with E-state index in [0.29, 0.717) is 0 Å². The molecule has 1 N–H and O–H groups in total. The Morgan fingerprint density at radius 3 is 2.00 bits per heavy atom. The normalized spacial score (nSPS) is 20.5. The van der Waals surface area contributed by atoms with Crippen LogP contribution in [0, 0.1) is 0 Å². The number of hydrogen-bond acceptors (Lipinski definition) is 6. The van der Waals surface area contributed by atoms with Crippen LogP contribution < -0.4 is 0 Å². The molecule has 0 saturated heterocycles. The zero-order valence-corrected chi connectivity index (χ0v) is 17.4. The number of aliphatic hydroxyl groups is 1. The topological polar surface area (TPSA) is 106 Å². The fourth-order valence-corrected chi connectivity index (χ4v) is 6.58. The Balaban J connectivity index is 1.77. The molecule has 0 aromatic heterocycles. The van der Waals surface area contributed by atoms with Gasteiger partial charge in [0.15, 0.2) is 0 Å². The minimum Gasteiger partial charge on any atom is -0.506 e. The standard InChI is InChI=1S/C19H10Cl2O6S2/c20-10-4-6-14-12(8-10)18(22)16(28(14,24)25)2-1-3-17-19(23)13-9-11(21)5-7-15(13)29(17,26)27/h1-9,22H. The zero-order valence-electron chi connectivity index (χ0n) is 14.3. The number of benzene rings is 2. The van der Waals surface area contributed by atoms with Crippen molar-refractivity contribution in [2.24, 2.45) is 0 Å². The molecule has 0 unspecified atom stereocenters. The Bertz CT molecular complexity index is 1410. The lowest BCUT2D eigenvalue weighted by Crippen LogP contribution is -2.02. The molecule has 4 rings (SSSR count). The predicted octanol–water partition coefficient (Wildman–Crippen LogP) is 4.12. The number of hydrogen-bond donors (Lipinski definition) is 1. The minimum absolute atomic E-state index is 0.0465. The minimum atomic E-state index is -4.05. The number of ketones is 1.